The standard InChI is InChI=1S/C31H28F3NS/c1-18-19(2)36-29-25(14-22-8-6-7-9-23(22)28(18)29)27-15-24(26(17-35-27)31(32,33)34)21-12-10-20(11-13-21)16-30(3,4)5/h6-15,17H,16H2,1-5H3. The molecule has 36 heavy (non-hydrogen) atoms. The van der Waals surface area contributed by atoms with E-state index in [4.69, 9.17) is 0 Å². The Balaban J connectivity index is 1.72. The third-order valence-electron chi connectivity index (χ3n) is 6.64. The van der Waals surface area contributed by atoms with Crippen LogP contribution in [-0.2, 0) is 12.6 Å². The SMILES string of the molecule is Cc1sc2c(-c3cc(-c4ccc(CC(C)(C)C)cc4)c(C(F)(F)F)cn3)cc3ccccc3c2c1C. The molecule has 0 aliphatic carbocycles. The minimum Gasteiger partial charge on any atom is -0.256 e. The number of hydrogen-bond donors (Lipinski definition) is 0. The van der Waals surface area contributed by atoms with E-state index in [-0.39, 0.29) is 11.0 Å². The summed E-state index contributed by atoms with van der Waals surface area (Å²) in [6.07, 6.45) is -2.66. The normalized spacial score (nSPS) is 12.6. The maximum absolute atomic E-state index is 14.0. The number of alkyl halides is 3. The van der Waals surface area contributed by atoms with Crippen LogP contribution in [0.2, 0.25) is 0 Å². The molecule has 0 aliphatic heterocycles. The first-order chi connectivity index (χ1) is 16.9. The van der Waals surface area contributed by atoms with E-state index in [1.807, 2.05) is 30.3 Å². The number of aromatic nitrogens is 1. The minimum absolute atomic E-state index is 0.0981. The summed E-state index contributed by atoms with van der Waals surface area (Å²) in [5.41, 5.74) is 3.80. The molecule has 0 amide bonds. The molecule has 0 spiro atoms. The quantitative estimate of drug-likeness (QED) is 0.239. The molecule has 0 bridgehead atoms. The molecule has 3 aromatic carbocycles. The summed E-state index contributed by atoms with van der Waals surface area (Å²) in [7, 11) is 0. The van der Waals surface area contributed by atoms with Gasteiger partial charge in [0, 0.05) is 26.7 Å². The summed E-state index contributed by atoms with van der Waals surface area (Å²) in [6.45, 7) is 10.6. The first-order valence-corrected chi connectivity index (χ1v) is 12.8. The summed E-state index contributed by atoms with van der Waals surface area (Å²) < 4.78 is 43.2. The molecule has 0 fully saturated rings. The number of rotatable bonds is 3. The average Bonchev–Trinajstić information content (AvgIpc) is 3.11. The zero-order valence-corrected chi connectivity index (χ0v) is 21.9. The Kier molecular flexibility index (Phi) is 5.95. The molecule has 0 N–H and O–H groups in total. The van der Waals surface area contributed by atoms with Gasteiger partial charge in [0.25, 0.3) is 0 Å². The van der Waals surface area contributed by atoms with Crippen molar-refractivity contribution in [3.63, 3.8) is 0 Å². The fourth-order valence-electron chi connectivity index (χ4n) is 4.88. The van der Waals surface area contributed by atoms with E-state index >= 15 is 0 Å². The molecule has 0 atom stereocenters. The van der Waals surface area contributed by atoms with Crippen molar-refractivity contribution in [2.75, 3.05) is 0 Å². The first kappa shape index (κ1) is 24.5. The highest BCUT2D eigenvalue weighted by Gasteiger charge is 2.34. The molecule has 0 saturated heterocycles. The Bertz CT molecular complexity index is 1590. The number of pyridine rings is 1. The zero-order valence-electron chi connectivity index (χ0n) is 21.0. The fraction of sp³-hybridized carbons (Fsp3) is 0.258. The van der Waals surface area contributed by atoms with Crippen LogP contribution in [-0.4, -0.2) is 4.98 Å². The van der Waals surface area contributed by atoms with Crippen molar-refractivity contribution < 1.29 is 13.2 Å². The lowest BCUT2D eigenvalue weighted by Gasteiger charge is -2.19. The van der Waals surface area contributed by atoms with E-state index < -0.39 is 11.7 Å². The predicted octanol–water partition coefficient (Wildman–Crippen LogP) is 10.0. The Morgan fingerprint density at radius 3 is 2.22 bits per heavy atom. The monoisotopic (exact) mass is 503 g/mol. The van der Waals surface area contributed by atoms with Gasteiger partial charge >= 0.3 is 6.18 Å². The molecule has 0 saturated carbocycles. The minimum atomic E-state index is -4.50. The average molecular weight is 504 g/mol. The van der Waals surface area contributed by atoms with Gasteiger partial charge in [-0.1, -0.05) is 69.3 Å². The van der Waals surface area contributed by atoms with Gasteiger partial charge in [0.2, 0.25) is 0 Å². The van der Waals surface area contributed by atoms with E-state index in [1.54, 1.807) is 29.5 Å². The molecule has 5 rings (SSSR count). The van der Waals surface area contributed by atoms with Crippen LogP contribution >= 0.6 is 11.3 Å². The van der Waals surface area contributed by atoms with Crippen molar-refractivity contribution in [3.05, 3.63) is 88.4 Å². The summed E-state index contributed by atoms with van der Waals surface area (Å²) in [5, 5.41) is 3.36. The molecule has 5 heteroatoms. The van der Waals surface area contributed by atoms with E-state index in [0.29, 0.717) is 11.3 Å². The summed E-state index contributed by atoms with van der Waals surface area (Å²) in [6, 6.07) is 19.3. The Hall–Kier alpha value is -3.18. The summed E-state index contributed by atoms with van der Waals surface area (Å²) >= 11 is 1.67. The third kappa shape index (κ3) is 4.53. The van der Waals surface area contributed by atoms with Gasteiger partial charge in [-0.15, -0.1) is 11.3 Å². The molecule has 184 valence electrons. The second-order valence-electron chi connectivity index (χ2n) is 10.7. The van der Waals surface area contributed by atoms with Gasteiger partial charge in [0.1, 0.15) is 0 Å². The summed E-state index contributed by atoms with van der Waals surface area (Å²) in [4.78, 5) is 5.55. The van der Waals surface area contributed by atoms with Crippen LogP contribution in [0.5, 0.6) is 0 Å². The topological polar surface area (TPSA) is 12.9 Å². The van der Waals surface area contributed by atoms with Crippen LogP contribution in [0.1, 0.15) is 42.3 Å². The number of benzene rings is 3. The van der Waals surface area contributed by atoms with E-state index in [2.05, 4.69) is 51.7 Å². The lowest BCUT2D eigenvalue weighted by molar-refractivity contribution is -0.137. The maximum atomic E-state index is 14.0. The molecule has 0 aliphatic rings. The first-order valence-electron chi connectivity index (χ1n) is 12.0. The Morgan fingerprint density at radius 1 is 0.861 bits per heavy atom. The van der Waals surface area contributed by atoms with Gasteiger partial charge in [-0.2, -0.15) is 13.2 Å². The van der Waals surface area contributed by atoms with E-state index in [0.717, 1.165) is 44.6 Å². The molecule has 1 nitrogen and oxygen atoms in total. The van der Waals surface area contributed by atoms with Gasteiger partial charge in [-0.3, -0.25) is 4.98 Å². The zero-order chi connectivity index (χ0) is 25.8. The van der Waals surface area contributed by atoms with Crippen LogP contribution < -0.4 is 0 Å². The second kappa shape index (κ2) is 8.74. The largest absolute Gasteiger partial charge is 0.418 e. The number of hydrogen-bond acceptors (Lipinski definition) is 2. The van der Waals surface area contributed by atoms with Crippen molar-refractivity contribution in [2.24, 2.45) is 5.41 Å². The maximum Gasteiger partial charge on any atom is 0.418 e. The number of nitrogens with zero attached hydrogens (tertiary/aromatic N) is 1. The highest BCUT2D eigenvalue weighted by molar-refractivity contribution is 7.20. The number of thiophene rings is 1. The lowest BCUT2D eigenvalue weighted by Crippen LogP contribution is -2.09. The lowest BCUT2D eigenvalue weighted by atomic mass is 9.87. The van der Waals surface area contributed by atoms with Crippen molar-refractivity contribution >= 4 is 32.2 Å². The molecule has 2 heterocycles. The Morgan fingerprint density at radius 2 is 1.56 bits per heavy atom. The van der Waals surface area contributed by atoms with Crippen LogP contribution in [0.4, 0.5) is 13.2 Å². The van der Waals surface area contributed by atoms with Gasteiger partial charge in [0.05, 0.1) is 11.3 Å². The molecule has 2 aromatic heterocycles. The van der Waals surface area contributed by atoms with Crippen LogP contribution in [0.3, 0.4) is 0 Å². The molecule has 0 unspecified atom stereocenters. The highest BCUT2D eigenvalue weighted by atomic mass is 32.1. The van der Waals surface area contributed by atoms with E-state index in [9.17, 15) is 13.2 Å². The Labute approximate surface area is 213 Å². The molecule has 5 aromatic rings. The highest BCUT2D eigenvalue weighted by Crippen LogP contribution is 2.44. The predicted molar refractivity (Wildman–Crippen MR) is 146 cm³/mol. The molecule has 0 radical (unpaired) electrons. The van der Waals surface area contributed by atoms with Gasteiger partial charge in [-0.25, -0.2) is 0 Å². The fourth-order valence-corrected chi connectivity index (χ4v) is 6.08. The van der Waals surface area contributed by atoms with Gasteiger partial charge < -0.3 is 0 Å². The molecular formula is C31H28F3NS. The number of aryl methyl sites for hydroxylation is 2. The second-order valence-corrected chi connectivity index (χ2v) is 11.9. The van der Waals surface area contributed by atoms with Crippen molar-refractivity contribution in [3.8, 4) is 22.4 Å². The number of halogens is 3. The van der Waals surface area contributed by atoms with Crippen LogP contribution in [0, 0.1) is 19.3 Å². The van der Waals surface area contributed by atoms with Crippen LogP contribution in [0.15, 0.2) is 66.9 Å². The molecular weight excluding hydrogens is 475 g/mol. The smallest absolute Gasteiger partial charge is 0.256 e. The van der Waals surface area contributed by atoms with Crippen molar-refractivity contribution in [2.45, 2.75) is 47.2 Å². The van der Waals surface area contributed by atoms with Gasteiger partial charge in [-0.05, 0) is 70.8 Å². The van der Waals surface area contributed by atoms with Gasteiger partial charge in [0.15, 0.2) is 0 Å². The van der Waals surface area contributed by atoms with E-state index in [1.165, 1.54) is 10.4 Å². The third-order valence-corrected chi connectivity index (χ3v) is 7.89. The van der Waals surface area contributed by atoms with Crippen LogP contribution in [0.25, 0.3) is 43.2 Å². The summed E-state index contributed by atoms with van der Waals surface area (Å²) in [5.74, 6) is 0. The number of fused-ring (bicyclic) bond motifs is 3. The van der Waals surface area contributed by atoms with Crippen molar-refractivity contribution in [1.29, 1.82) is 0 Å². The van der Waals surface area contributed by atoms with Crippen molar-refractivity contribution in [1.82, 2.24) is 4.98 Å².